The molecule has 0 radical (unpaired) electrons. The van der Waals surface area contributed by atoms with Gasteiger partial charge in [-0.2, -0.15) is 0 Å². The zero-order valence-electron chi connectivity index (χ0n) is 11.3. The van der Waals surface area contributed by atoms with Gasteiger partial charge in [0.15, 0.2) is 0 Å². The second kappa shape index (κ2) is 4.98. The lowest BCUT2D eigenvalue weighted by Crippen LogP contribution is -2.46. The van der Waals surface area contributed by atoms with Gasteiger partial charge in [-0.3, -0.25) is 9.80 Å². The van der Waals surface area contributed by atoms with E-state index in [4.69, 9.17) is 9.52 Å². The molecule has 1 aliphatic carbocycles. The third kappa shape index (κ3) is 2.82. The molecule has 1 saturated heterocycles. The SMILES string of the molecule is Cc1oc(C(=O)O)cc1CN1CCN(C2CC2)CC1. The lowest BCUT2D eigenvalue weighted by atomic mass is 10.2. The fourth-order valence-corrected chi connectivity index (χ4v) is 2.75. The van der Waals surface area contributed by atoms with Crippen molar-refractivity contribution < 1.29 is 14.3 Å². The van der Waals surface area contributed by atoms with Crippen molar-refractivity contribution in [3.8, 4) is 0 Å². The molecule has 1 aromatic rings. The van der Waals surface area contributed by atoms with Crippen LogP contribution in [-0.2, 0) is 6.54 Å². The van der Waals surface area contributed by atoms with Crippen molar-refractivity contribution in [3.05, 3.63) is 23.2 Å². The summed E-state index contributed by atoms with van der Waals surface area (Å²) in [6.45, 7) is 7.01. The van der Waals surface area contributed by atoms with E-state index in [0.717, 1.165) is 50.1 Å². The molecule has 0 unspecified atom stereocenters. The van der Waals surface area contributed by atoms with Crippen LogP contribution < -0.4 is 0 Å². The quantitative estimate of drug-likeness (QED) is 0.894. The number of carboxylic acid groups (broad SMARTS) is 1. The highest BCUT2D eigenvalue weighted by molar-refractivity contribution is 5.84. The van der Waals surface area contributed by atoms with Gasteiger partial charge in [0, 0.05) is 44.3 Å². The summed E-state index contributed by atoms with van der Waals surface area (Å²) in [4.78, 5) is 15.8. The lowest BCUT2D eigenvalue weighted by molar-refractivity contribution is 0.0661. The van der Waals surface area contributed by atoms with E-state index in [1.807, 2.05) is 6.92 Å². The maximum absolute atomic E-state index is 10.9. The molecule has 104 valence electrons. The number of carboxylic acids is 1. The standard InChI is InChI=1S/C14H20N2O3/c1-10-11(8-13(19-10)14(17)18)9-15-4-6-16(7-5-15)12-2-3-12/h8,12H,2-7,9H2,1H3,(H,17,18). The van der Waals surface area contributed by atoms with Gasteiger partial charge in [0.25, 0.3) is 0 Å². The van der Waals surface area contributed by atoms with Crippen LogP contribution in [0.5, 0.6) is 0 Å². The maximum Gasteiger partial charge on any atom is 0.371 e. The third-order valence-electron chi connectivity index (χ3n) is 4.10. The number of aryl methyl sites for hydroxylation is 1. The second-order valence-corrected chi connectivity index (χ2v) is 5.54. The highest BCUT2D eigenvalue weighted by atomic mass is 16.4. The minimum atomic E-state index is -0.993. The van der Waals surface area contributed by atoms with Crippen LogP contribution in [0.25, 0.3) is 0 Å². The van der Waals surface area contributed by atoms with Crippen molar-refractivity contribution >= 4 is 5.97 Å². The molecular weight excluding hydrogens is 244 g/mol. The zero-order valence-corrected chi connectivity index (χ0v) is 11.3. The van der Waals surface area contributed by atoms with Crippen molar-refractivity contribution in [3.63, 3.8) is 0 Å². The summed E-state index contributed by atoms with van der Waals surface area (Å²) in [5.41, 5.74) is 0.997. The van der Waals surface area contributed by atoms with Crippen molar-refractivity contribution in [2.45, 2.75) is 32.4 Å². The molecule has 0 spiro atoms. The number of furan rings is 1. The molecule has 19 heavy (non-hydrogen) atoms. The fraction of sp³-hybridized carbons (Fsp3) is 0.643. The van der Waals surface area contributed by atoms with E-state index in [-0.39, 0.29) is 5.76 Å². The summed E-state index contributed by atoms with van der Waals surface area (Å²) in [6, 6.07) is 2.50. The smallest absolute Gasteiger partial charge is 0.371 e. The summed E-state index contributed by atoms with van der Waals surface area (Å²) in [7, 11) is 0. The number of hydrogen-bond acceptors (Lipinski definition) is 4. The second-order valence-electron chi connectivity index (χ2n) is 5.54. The van der Waals surface area contributed by atoms with Crippen LogP contribution in [0.15, 0.2) is 10.5 Å². The normalized spacial score (nSPS) is 21.7. The lowest BCUT2D eigenvalue weighted by Gasteiger charge is -2.34. The van der Waals surface area contributed by atoms with Crippen molar-refractivity contribution in [2.24, 2.45) is 0 Å². The topological polar surface area (TPSA) is 56.9 Å². The van der Waals surface area contributed by atoms with Crippen LogP contribution in [-0.4, -0.2) is 53.1 Å². The van der Waals surface area contributed by atoms with E-state index >= 15 is 0 Å². The fourth-order valence-electron chi connectivity index (χ4n) is 2.75. The number of nitrogens with zero attached hydrogens (tertiary/aromatic N) is 2. The summed E-state index contributed by atoms with van der Waals surface area (Å²) in [5.74, 6) is -0.223. The average Bonchev–Trinajstić information content (AvgIpc) is 3.16. The minimum absolute atomic E-state index is 0.0455. The maximum atomic E-state index is 10.9. The molecule has 2 heterocycles. The summed E-state index contributed by atoms with van der Waals surface area (Å²) >= 11 is 0. The van der Waals surface area contributed by atoms with Crippen molar-refractivity contribution in [1.29, 1.82) is 0 Å². The van der Waals surface area contributed by atoms with Crippen LogP contribution in [0.4, 0.5) is 0 Å². The predicted molar refractivity (Wildman–Crippen MR) is 70.3 cm³/mol. The van der Waals surface area contributed by atoms with E-state index in [0.29, 0.717) is 0 Å². The number of aromatic carboxylic acids is 1. The van der Waals surface area contributed by atoms with Crippen LogP contribution in [0.1, 0.15) is 34.7 Å². The number of carbonyl (C=O) groups is 1. The van der Waals surface area contributed by atoms with E-state index in [2.05, 4.69) is 9.80 Å². The average molecular weight is 264 g/mol. The first-order valence-electron chi connectivity index (χ1n) is 6.92. The predicted octanol–water partition coefficient (Wildman–Crippen LogP) is 1.57. The Hall–Kier alpha value is -1.33. The molecule has 1 saturated carbocycles. The molecule has 0 bridgehead atoms. The van der Waals surface area contributed by atoms with Gasteiger partial charge in [-0.25, -0.2) is 4.79 Å². The Balaban J connectivity index is 1.58. The van der Waals surface area contributed by atoms with E-state index in [9.17, 15) is 4.79 Å². The van der Waals surface area contributed by atoms with Crippen LogP contribution in [0.3, 0.4) is 0 Å². The molecule has 0 amide bonds. The monoisotopic (exact) mass is 264 g/mol. The Kier molecular flexibility index (Phi) is 3.33. The first kappa shape index (κ1) is 12.7. The van der Waals surface area contributed by atoms with E-state index in [1.54, 1.807) is 6.07 Å². The molecule has 3 rings (SSSR count). The van der Waals surface area contributed by atoms with Crippen molar-refractivity contribution in [2.75, 3.05) is 26.2 Å². The van der Waals surface area contributed by atoms with E-state index < -0.39 is 5.97 Å². The molecule has 1 aliphatic heterocycles. The van der Waals surface area contributed by atoms with Gasteiger partial charge < -0.3 is 9.52 Å². The molecule has 1 aromatic heterocycles. The van der Waals surface area contributed by atoms with Gasteiger partial charge in [0.1, 0.15) is 5.76 Å². The Bertz CT molecular complexity index is 471. The van der Waals surface area contributed by atoms with Crippen LogP contribution in [0.2, 0.25) is 0 Å². The van der Waals surface area contributed by atoms with Crippen LogP contribution >= 0.6 is 0 Å². The Labute approximate surface area is 112 Å². The molecule has 5 heteroatoms. The summed E-state index contributed by atoms with van der Waals surface area (Å²) < 4.78 is 5.25. The van der Waals surface area contributed by atoms with Gasteiger partial charge in [-0.15, -0.1) is 0 Å². The van der Waals surface area contributed by atoms with Gasteiger partial charge in [-0.05, 0) is 25.8 Å². The summed E-state index contributed by atoms with van der Waals surface area (Å²) in [6.07, 6.45) is 2.73. The van der Waals surface area contributed by atoms with Crippen LogP contribution in [0, 0.1) is 6.92 Å². The van der Waals surface area contributed by atoms with Gasteiger partial charge in [0.2, 0.25) is 5.76 Å². The van der Waals surface area contributed by atoms with Crippen molar-refractivity contribution in [1.82, 2.24) is 9.80 Å². The summed E-state index contributed by atoms with van der Waals surface area (Å²) in [5, 5.41) is 8.92. The molecule has 0 aromatic carbocycles. The highest BCUT2D eigenvalue weighted by Crippen LogP contribution is 2.28. The first-order chi connectivity index (χ1) is 9.13. The van der Waals surface area contributed by atoms with Gasteiger partial charge in [0.05, 0.1) is 0 Å². The molecule has 2 fully saturated rings. The number of hydrogen-bond donors (Lipinski definition) is 1. The minimum Gasteiger partial charge on any atom is -0.475 e. The molecule has 5 nitrogen and oxygen atoms in total. The highest BCUT2D eigenvalue weighted by Gasteiger charge is 2.31. The largest absolute Gasteiger partial charge is 0.475 e. The first-order valence-corrected chi connectivity index (χ1v) is 6.92. The third-order valence-corrected chi connectivity index (χ3v) is 4.10. The van der Waals surface area contributed by atoms with Gasteiger partial charge in [-0.1, -0.05) is 0 Å². The molecular formula is C14H20N2O3. The Morgan fingerprint density at radius 1 is 1.37 bits per heavy atom. The number of rotatable bonds is 4. The van der Waals surface area contributed by atoms with Gasteiger partial charge >= 0.3 is 5.97 Å². The Morgan fingerprint density at radius 2 is 2.05 bits per heavy atom. The number of piperazine rings is 1. The molecule has 2 aliphatic rings. The Morgan fingerprint density at radius 3 is 2.58 bits per heavy atom. The molecule has 0 atom stereocenters. The zero-order chi connectivity index (χ0) is 13.4. The molecule has 1 N–H and O–H groups in total. The van der Waals surface area contributed by atoms with E-state index in [1.165, 1.54) is 12.8 Å².